The Morgan fingerprint density at radius 2 is 2.28 bits per heavy atom. The zero-order valence-electron chi connectivity index (χ0n) is 10.5. The van der Waals surface area contributed by atoms with Gasteiger partial charge in [0.25, 0.3) is 0 Å². The Kier molecular flexibility index (Phi) is 6.54. The summed E-state index contributed by atoms with van der Waals surface area (Å²) in [5, 5.41) is 3.27. The summed E-state index contributed by atoms with van der Waals surface area (Å²) in [4.78, 5) is 11.3. The maximum atomic E-state index is 11.3. The Balaban J connectivity index is 2.57. The number of nitrogens with one attached hydrogen (secondary N) is 1. The van der Waals surface area contributed by atoms with Crippen molar-refractivity contribution in [2.24, 2.45) is 5.73 Å². The van der Waals surface area contributed by atoms with Gasteiger partial charge in [0.15, 0.2) is 0 Å². The molecule has 0 aliphatic heterocycles. The molecule has 0 spiro atoms. The molecule has 5 heteroatoms. The van der Waals surface area contributed by atoms with Crippen molar-refractivity contribution < 1.29 is 9.53 Å². The van der Waals surface area contributed by atoms with Gasteiger partial charge in [-0.05, 0) is 31.5 Å². The zero-order chi connectivity index (χ0) is 13.4. The van der Waals surface area contributed by atoms with E-state index in [-0.39, 0.29) is 5.91 Å². The van der Waals surface area contributed by atoms with Crippen LogP contribution in [0, 0.1) is 0 Å². The Morgan fingerprint density at radius 3 is 2.94 bits per heavy atom. The van der Waals surface area contributed by atoms with E-state index < -0.39 is 0 Å². The van der Waals surface area contributed by atoms with Crippen LogP contribution in [-0.2, 0) is 11.2 Å². The highest BCUT2D eigenvalue weighted by atomic mass is 35.5. The highest BCUT2D eigenvalue weighted by molar-refractivity contribution is 6.32. The molecule has 0 saturated carbocycles. The molecule has 0 unspecified atom stereocenters. The molecule has 0 atom stereocenters. The molecular formula is C13H19ClN2O2. The third kappa shape index (κ3) is 4.55. The van der Waals surface area contributed by atoms with Gasteiger partial charge in [0, 0.05) is 6.54 Å². The molecule has 4 nitrogen and oxygen atoms in total. The van der Waals surface area contributed by atoms with Crippen LogP contribution in [0.25, 0.3) is 0 Å². The molecular weight excluding hydrogens is 252 g/mol. The number of nitrogens with two attached hydrogens (primary N) is 1. The SMILES string of the molecule is CCNC(=O)CCOc1c(Cl)cccc1CCN. The number of hydrogen-bond donors (Lipinski definition) is 2. The number of ether oxygens (including phenoxy) is 1. The van der Waals surface area contributed by atoms with Gasteiger partial charge in [-0.1, -0.05) is 23.7 Å². The van der Waals surface area contributed by atoms with E-state index in [1.165, 1.54) is 0 Å². The first-order valence-corrected chi connectivity index (χ1v) is 6.43. The maximum absolute atomic E-state index is 11.3. The van der Waals surface area contributed by atoms with Crippen molar-refractivity contribution in [1.82, 2.24) is 5.32 Å². The topological polar surface area (TPSA) is 64.3 Å². The lowest BCUT2D eigenvalue weighted by Gasteiger charge is -2.12. The molecule has 0 radical (unpaired) electrons. The van der Waals surface area contributed by atoms with Gasteiger partial charge in [-0.25, -0.2) is 0 Å². The molecule has 0 fully saturated rings. The molecule has 0 heterocycles. The summed E-state index contributed by atoms with van der Waals surface area (Å²) >= 11 is 6.08. The molecule has 3 N–H and O–H groups in total. The van der Waals surface area contributed by atoms with E-state index in [4.69, 9.17) is 22.1 Å². The first kappa shape index (κ1) is 14.8. The van der Waals surface area contributed by atoms with Gasteiger partial charge in [-0.3, -0.25) is 4.79 Å². The molecule has 0 aliphatic carbocycles. The van der Waals surface area contributed by atoms with Gasteiger partial charge in [0.1, 0.15) is 5.75 Å². The smallest absolute Gasteiger partial charge is 0.223 e. The molecule has 1 amide bonds. The minimum Gasteiger partial charge on any atom is -0.491 e. The quantitative estimate of drug-likeness (QED) is 0.793. The minimum absolute atomic E-state index is 0.0232. The van der Waals surface area contributed by atoms with Crippen LogP contribution < -0.4 is 15.8 Å². The molecule has 0 bridgehead atoms. The first-order valence-electron chi connectivity index (χ1n) is 6.06. The summed E-state index contributed by atoms with van der Waals surface area (Å²) < 4.78 is 5.59. The number of carbonyl (C=O) groups is 1. The summed E-state index contributed by atoms with van der Waals surface area (Å²) in [5.74, 6) is 0.610. The Bertz CT molecular complexity index is 397. The third-order valence-corrected chi connectivity index (χ3v) is 2.71. The van der Waals surface area contributed by atoms with Gasteiger partial charge in [0.05, 0.1) is 18.1 Å². The largest absolute Gasteiger partial charge is 0.491 e. The number of rotatable bonds is 7. The van der Waals surface area contributed by atoms with E-state index in [1.807, 2.05) is 19.1 Å². The normalized spacial score (nSPS) is 10.2. The molecule has 0 aromatic heterocycles. The van der Waals surface area contributed by atoms with Crippen LogP contribution in [-0.4, -0.2) is 25.6 Å². The number of carbonyl (C=O) groups excluding carboxylic acids is 1. The number of amides is 1. The minimum atomic E-state index is -0.0232. The van der Waals surface area contributed by atoms with E-state index in [2.05, 4.69) is 5.32 Å². The standard InChI is InChI=1S/C13H19ClN2O2/c1-2-16-12(17)7-9-18-13-10(6-8-15)4-3-5-11(13)14/h3-5H,2,6-9,15H2,1H3,(H,16,17). The van der Waals surface area contributed by atoms with Gasteiger partial charge in [0.2, 0.25) is 5.91 Å². The third-order valence-electron chi connectivity index (χ3n) is 2.41. The van der Waals surface area contributed by atoms with Gasteiger partial charge in [-0.15, -0.1) is 0 Å². The number of para-hydroxylation sites is 1. The molecule has 100 valence electrons. The molecule has 1 aromatic rings. The average molecular weight is 271 g/mol. The van der Waals surface area contributed by atoms with Crippen molar-refractivity contribution in [3.8, 4) is 5.75 Å². The van der Waals surface area contributed by atoms with Crippen LogP contribution >= 0.6 is 11.6 Å². The predicted molar refractivity (Wildman–Crippen MR) is 73.0 cm³/mol. The fraction of sp³-hybridized carbons (Fsp3) is 0.462. The fourth-order valence-electron chi connectivity index (χ4n) is 1.60. The van der Waals surface area contributed by atoms with Crippen LogP contribution in [0.5, 0.6) is 5.75 Å². The fourth-order valence-corrected chi connectivity index (χ4v) is 1.85. The van der Waals surface area contributed by atoms with E-state index in [0.717, 1.165) is 5.56 Å². The maximum Gasteiger partial charge on any atom is 0.223 e. The molecule has 18 heavy (non-hydrogen) atoms. The van der Waals surface area contributed by atoms with Crippen molar-refractivity contribution in [3.05, 3.63) is 28.8 Å². The van der Waals surface area contributed by atoms with Crippen molar-refractivity contribution in [2.45, 2.75) is 19.8 Å². The van der Waals surface area contributed by atoms with Crippen LogP contribution in [0.2, 0.25) is 5.02 Å². The van der Waals surface area contributed by atoms with Gasteiger partial charge < -0.3 is 15.8 Å². The Hall–Kier alpha value is -1.26. The van der Waals surface area contributed by atoms with Crippen molar-refractivity contribution in [2.75, 3.05) is 19.7 Å². The Labute approximate surface area is 112 Å². The molecule has 0 saturated heterocycles. The predicted octanol–water partition coefficient (Wildman–Crippen LogP) is 1.75. The molecule has 1 rings (SSSR count). The lowest BCUT2D eigenvalue weighted by molar-refractivity contribution is -0.121. The Morgan fingerprint density at radius 1 is 1.50 bits per heavy atom. The average Bonchev–Trinajstić information content (AvgIpc) is 2.33. The van der Waals surface area contributed by atoms with Gasteiger partial charge in [-0.2, -0.15) is 0 Å². The molecule has 1 aromatic carbocycles. The number of benzene rings is 1. The zero-order valence-corrected chi connectivity index (χ0v) is 11.3. The summed E-state index contributed by atoms with van der Waals surface area (Å²) in [6.07, 6.45) is 1.03. The van der Waals surface area contributed by atoms with Crippen molar-refractivity contribution in [1.29, 1.82) is 0 Å². The summed E-state index contributed by atoms with van der Waals surface area (Å²) in [6, 6.07) is 5.56. The number of hydrogen-bond acceptors (Lipinski definition) is 3. The van der Waals surface area contributed by atoms with E-state index in [9.17, 15) is 4.79 Å². The lowest BCUT2D eigenvalue weighted by Crippen LogP contribution is -2.24. The van der Waals surface area contributed by atoms with Crippen LogP contribution in [0.4, 0.5) is 0 Å². The van der Waals surface area contributed by atoms with Crippen molar-refractivity contribution in [3.63, 3.8) is 0 Å². The second-order valence-electron chi connectivity index (χ2n) is 3.82. The summed E-state index contributed by atoms with van der Waals surface area (Å²) in [5.41, 5.74) is 6.51. The summed E-state index contributed by atoms with van der Waals surface area (Å²) in [7, 11) is 0. The van der Waals surface area contributed by atoms with Crippen molar-refractivity contribution >= 4 is 17.5 Å². The highest BCUT2D eigenvalue weighted by Crippen LogP contribution is 2.28. The summed E-state index contributed by atoms with van der Waals surface area (Å²) in [6.45, 7) is 3.36. The van der Waals surface area contributed by atoms with E-state index in [0.29, 0.717) is 43.3 Å². The highest BCUT2D eigenvalue weighted by Gasteiger charge is 2.08. The first-order chi connectivity index (χ1) is 8.69. The van der Waals surface area contributed by atoms with Gasteiger partial charge >= 0.3 is 0 Å². The lowest BCUT2D eigenvalue weighted by atomic mass is 10.1. The second kappa shape index (κ2) is 7.95. The number of halogens is 1. The van der Waals surface area contributed by atoms with Crippen LogP contribution in [0.3, 0.4) is 0 Å². The molecule has 0 aliphatic rings. The van der Waals surface area contributed by atoms with E-state index in [1.54, 1.807) is 6.07 Å². The van der Waals surface area contributed by atoms with Crippen LogP contribution in [0.15, 0.2) is 18.2 Å². The second-order valence-corrected chi connectivity index (χ2v) is 4.23. The van der Waals surface area contributed by atoms with E-state index >= 15 is 0 Å². The van der Waals surface area contributed by atoms with Crippen LogP contribution in [0.1, 0.15) is 18.9 Å². The monoisotopic (exact) mass is 270 g/mol.